The summed E-state index contributed by atoms with van der Waals surface area (Å²) in [6.07, 6.45) is 0. The average molecular weight is 188 g/mol. The Kier molecular flexibility index (Phi) is 1.71. The van der Waals surface area contributed by atoms with Gasteiger partial charge in [0, 0.05) is 4.70 Å². The van der Waals surface area contributed by atoms with E-state index >= 15 is 0 Å². The van der Waals surface area contributed by atoms with Crippen molar-refractivity contribution in [1.82, 2.24) is 0 Å². The van der Waals surface area contributed by atoms with Gasteiger partial charge in [-0.2, -0.15) is 5.26 Å². The number of nitriles is 1. The van der Waals surface area contributed by atoms with Gasteiger partial charge in [0.2, 0.25) is 0 Å². The zero-order valence-corrected chi connectivity index (χ0v) is 7.98. The molecular weight excluding hydrogens is 180 g/mol. The summed E-state index contributed by atoms with van der Waals surface area (Å²) in [6.45, 7) is 2.00. The Labute approximate surface area is 80.2 Å². The van der Waals surface area contributed by atoms with Crippen molar-refractivity contribution in [3.63, 3.8) is 0 Å². The van der Waals surface area contributed by atoms with Crippen molar-refractivity contribution in [3.05, 3.63) is 29.3 Å². The Hall–Kier alpha value is -1.53. The lowest BCUT2D eigenvalue weighted by atomic mass is 10.1. The van der Waals surface area contributed by atoms with Gasteiger partial charge in [-0.25, -0.2) is 0 Å². The summed E-state index contributed by atoms with van der Waals surface area (Å²) in [6, 6.07) is 7.77. The molecule has 13 heavy (non-hydrogen) atoms. The molecule has 2 rings (SSSR count). The molecule has 0 spiro atoms. The number of aryl methyl sites for hydroxylation is 1. The summed E-state index contributed by atoms with van der Waals surface area (Å²) >= 11 is 1.53. The number of nitrogens with two attached hydrogens (primary N) is 1. The summed E-state index contributed by atoms with van der Waals surface area (Å²) in [5.74, 6) is 0. The molecule has 2 aromatic rings. The van der Waals surface area contributed by atoms with Gasteiger partial charge in [0.1, 0.15) is 0 Å². The van der Waals surface area contributed by atoms with Crippen LogP contribution in [-0.4, -0.2) is 0 Å². The van der Waals surface area contributed by atoms with E-state index in [0.717, 1.165) is 20.7 Å². The van der Waals surface area contributed by atoms with Crippen LogP contribution in [0.15, 0.2) is 18.2 Å². The molecule has 0 radical (unpaired) electrons. The first-order chi connectivity index (χ1) is 6.22. The third kappa shape index (κ3) is 1.16. The summed E-state index contributed by atoms with van der Waals surface area (Å²) < 4.78 is 1.09. The molecule has 0 saturated carbocycles. The average Bonchev–Trinajstić information content (AvgIpc) is 2.42. The molecule has 1 aromatic heterocycles. The minimum atomic E-state index is 0.689. The van der Waals surface area contributed by atoms with Crippen molar-refractivity contribution in [1.29, 1.82) is 5.26 Å². The Morgan fingerprint density at radius 3 is 2.92 bits per heavy atom. The van der Waals surface area contributed by atoms with E-state index in [1.54, 1.807) is 0 Å². The quantitative estimate of drug-likeness (QED) is 0.691. The molecular formula is C10H8N2S. The lowest BCUT2D eigenvalue weighted by molar-refractivity contribution is 1.50. The van der Waals surface area contributed by atoms with Crippen molar-refractivity contribution in [2.24, 2.45) is 0 Å². The van der Waals surface area contributed by atoms with Gasteiger partial charge in [-0.1, -0.05) is 6.07 Å². The van der Waals surface area contributed by atoms with E-state index < -0.39 is 0 Å². The Balaban J connectivity index is 2.82. The first-order valence-corrected chi connectivity index (χ1v) is 4.73. The molecule has 0 amide bonds. The molecule has 2 nitrogen and oxygen atoms in total. The van der Waals surface area contributed by atoms with Crippen LogP contribution in [0.25, 0.3) is 10.1 Å². The fourth-order valence-corrected chi connectivity index (χ4v) is 2.33. The maximum atomic E-state index is 8.70. The Morgan fingerprint density at radius 1 is 1.46 bits per heavy atom. The molecule has 1 aromatic carbocycles. The summed E-state index contributed by atoms with van der Waals surface area (Å²) in [5, 5.41) is 10.7. The zero-order valence-electron chi connectivity index (χ0n) is 7.16. The van der Waals surface area contributed by atoms with Crippen LogP contribution in [0.1, 0.15) is 11.1 Å². The summed E-state index contributed by atoms with van der Waals surface area (Å²) in [7, 11) is 0. The SMILES string of the molecule is Cc1c(N)sc2cc(C#N)ccc12. The summed E-state index contributed by atoms with van der Waals surface area (Å²) in [5.41, 5.74) is 7.58. The first kappa shape index (κ1) is 8.09. The highest BCUT2D eigenvalue weighted by molar-refractivity contribution is 7.22. The lowest BCUT2D eigenvalue weighted by Crippen LogP contribution is -1.80. The Bertz CT molecular complexity index is 505. The molecule has 0 aliphatic rings. The molecule has 64 valence electrons. The number of rotatable bonds is 0. The number of nitrogen functional groups attached to an aromatic ring is 1. The van der Waals surface area contributed by atoms with E-state index in [2.05, 4.69) is 6.07 Å². The predicted octanol–water partition coefficient (Wildman–Crippen LogP) is 2.66. The highest BCUT2D eigenvalue weighted by Gasteiger charge is 2.05. The molecule has 0 unspecified atom stereocenters. The predicted molar refractivity (Wildman–Crippen MR) is 55.7 cm³/mol. The van der Waals surface area contributed by atoms with Crippen LogP contribution < -0.4 is 5.73 Å². The molecule has 3 heteroatoms. The number of benzene rings is 1. The van der Waals surface area contributed by atoms with Crippen LogP contribution in [0.4, 0.5) is 5.00 Å². The van der Waals surface area contributed by atoms with Crippen molar-refractivity contribution in [2.75, 3.05) is 5.73 Å². The molecule has 0 fully saturated rings. The second kappa shape index (κ2) is 2.75. The van der Waals surface area contributed by atoms with Gasteiger partial charge in [0.05, 0.1) is 16.6 Å². The van der Waals surface area contributed by atoms with Crippen molar-refractivity contribution < 1.29 is 0 Å². The fourth-order valence-electron chi connectivity index (χ4n) is 1.31. The Morgan fingerprint density at radius 2 is 2.23 bits per heavy atom. The fraction of sp³-hybridized carbons (Fsp3) is 0.100. The third-order valence-corrected chi connectivity index (χ3v) is 3.19. The lowest BCUT2D eigenvalue weighted by Gasteiger charge is -1.91. The van der Waals surface area contributed by atoms with Gasteiger partial charge < -0.3 is 5.73 Å². The first-order valence-electron chi connectivity index (χ1n) is 3.91. The van der Waals surface area contributed by atoms with Crippen molar-refractivity contribution >= 4 is 26.4 Å². The van der Waals surface area contributed by atoms with Crippen LogP contribution in [0.3, 0.4) is 0 Å². The standard InChI is InChI=1S/C10H8N2S/c1-6-8-3-2-7(5-11)4-9(8)13-10(6)12/h2-4H,12H2,1H3. The van der Waals surface area contributed by atoms with Gasteiger partial charge >= 0.3 is 0 Å². The number of hydrogen-bond donors (Lipinski definition) is 1. The molecule has 0 atom stereocenters. The van der Waals surface area contributed by atoms with Gasteiger partial charge in [-0.05, 0) is 30.0 Å². The minimum absolute atomic E-state index is 0.689. The van der Waals surface area contributed by atoms with Crippen LogP contribution in [-0.2, 0) is 0 Å². The molecule has 0 bridgehead atoms. The van der Waals surface area contributed by atoms with Gasteiger partial charge in [0.15, 0.2) is 0 Å². The topological polar surface area (TPSA) is 49.8 Å². The van der Waals surface area contributed by atoms with Gasteiger partial charge in [-0.15, -0.1) is 11.3 Å². The van der Waals surface area contributed by atoms with E-state index in [-0.39, 0.29) is 0 Å². The molecule has 2 N–H and O–H groups in total. The largest absolute Gasteiger partial charge is 0.390 e. The number of anilines is 1. The van der Waals surface area contributed by atoms with Crippen LogP contribution in [0.5, 0.6) is 0 Å². The van der Waals surface area contributed by atoms with E-state index in [1.807, 2.05) is 25.1 Å². The van der Waals surface area contributed by atoms with E-state index in [9.17, 15) is 0 Å². The second-order valence-corrected chi connectivity index (χ2v) is 4.00. The number of thiophene rings is 1. The maximum absolute atomic E-state index is 8.70. The normalized spacial score (nSPS) is 10.2. The highest BCUT2D eigenvalue weighted by atomic mass is 32.1. The van der Waals surface area contributed by atoms with Crippen LogP contribution in [0.2, 0.25) is 0 Å². The van der Waals surface area contributed by atoms with E-state index in [0.29, 0.717) is 5.56 Å². The van der Waals surface area contributed by atoms with Crippen molar-refractivity contribution in [3.8, 4) is 6.07 Å². The number of hydrogen-bond acceptors (Lipinski definition) is 3. The molecule has 0 aliphatic heterocycles. The molecule has 1 heterocycles. The minimum Gasteiger partial charge on any atom is -0.390 e. The second-order valence-electron chi connectivity index (χ2n) is 2.91. The maximum Gasteiger partial charge on any atom is 0.0992 e. The van der Waals surface area contributed by atoms with Crippen LogP contribution >= 0.6 is 11.3 Å². The third-order valence-electron chi connectivity index (χ3n) is 2.10. The monoisotopic (exact) mass is 188 g/mol. The number of nitrogens with zero attached hydrogens (tertiary/aromatic N) is 1. The van der Waals surface area contributed by atoms with Gasteiger partial charge in [-0.3, -0.25) is 0 Å². The number of fused-ring (bicyclic) bond motifs is 1. The summed E-state index contributed by atoms with van der Waals surface area (Å²) in [4.78, 5) is 0. The zero-order chi connectivity index (χ0) is 9.42. The van der Waals surface area contributed by atoms with E-state index in [1.165, 1.54) is 11.3 Å². The smallest absolute Gasteiger partial charge is 0.0992 e. The van der Waals surface area contributed by atoms with Crippen LogP contribution in [0, 0.1) is 18.3 Å². The molecule has 0 saturated heterocycles. The van der Waals surface area contributed by atoms with E-state index in [4.69, 9.17) is 11.0 Å². The van der Waals surface area contributed by atoms with Gasteiger partial charge in [0.25, 0.3) is 0 Å². The molecule has 0 aliphatic carbocycles. The highest BCUT2D eigenvalue weighted by Crippen LogP contribution is 2.32. The van der Waals surface area contributed by atoms with Crippen molar-refractivity contribution in [2.45, 2.75) is 6.92 Å².